The minimum absolute atomic E-state index is 0.0846. The summed E-state index contributed by atoms with van der Waals surface area (Å²) in [5, 5.41) is 0. The fourth-order valence-corrected chi connectivity index (χ4v) is 3.58. The van der Waals surface area contributed by atoms with E-state index in [4.69, 9.17) is 10.2 Å². The Labute approximate surface area is 168 Å². The lowest BCUT2D eigenvalue weighted by Gasteiger charge is -2.22. The Bertz CT molecular complexity index is 1100. The number of nitrogens with two attached hydrogens (primary N) is 1. The Balaban J connectivity index is 1.93. The van der Waals surface area contributed by atoms with Crippen LogP contribution in [0.5, 0.6) is 0 Å². The fraction of sp³-hybridized carbons (Fsp3) is 0.227. The van der Waals surface area contributed by atoms with Gasteiger partial charge in [0.25, 0.3) is 5.91 Å². The van der Waals surface area contributed by atoms with Gasteiger partial charge in [-0.05, 0) is 31.8 Å². The van der Waals surface area contributed by atoms with Crippen molar-refractivity contribution in [2.45, 2.75) is 0 Å². The highest BCUT2D eigenvalue weighted by molar-refractivity contribution is 6.27. The second-order valence-electron chi connectivity index (χ2n) is 7.35. The first-order valence-corrected chi connectivity index (χ1v) is 9.31. The largest absolute Gasteiger partial charge is 0.463 e. The number of likely N-dealkylation sites (N-methyl/N-ethyl adjacent to an activating group) is 2. The molecule has 4 rings (SSSR count). The summed E-state index contributed by atoms with van der Waals surface area (Å²) in [7, 11) is 5.61. The van der Waals surface area contributed by atoms with Gasteiger partial charge < -0.3 is 20.0 Å². The first-order valence-electron chi connectivity index (χ1n) is 9.31. The summed E-state index contributed by atoms with van der Waals surface area (Å²) in [4.78, 5) is 34.5. The van der Waals surface area contributed by atoms with Crippen LogP contribution in [-0.2, 0) is 0 Å². The number of furan rings is 1. The standard InChI is InChI=1S/C22H22N4O3/c1-25(2)10-11-26(3)22(28)18-16-13-7-4-5-8-14(13)20(27)17(16)19(24-21(18)23)15-9-6-12-29-15/h4-9,12H,10-11H2,1-3H3,(H2,23,24). The van der Waals surface area contributed by atoms with Crippen LogP contribution in [0.25, 0.3) is 22.6 Å². The smallest absolute Gasteiger partial charge is 0.258 e. The number of amides is 1. The van der Waals surface area contributed by atoms with Crippen molar-refractivity contribution in [1.82, 2.24) is 14.8 Å². The van der Waals surface area contributed by atoms with Crippen molar-refractivity contribution >= 4 is 17.5 Å². The summed E-state index contributed by atoms with van der Waals surface area (Å²) in [5.74, 6) is 0.0820. The summed E-state index contributed by atoms with van der Waals surface area (Å²) in [6.45, 7) is 1.23. The molecule has 148 valence electrons. The van der Waals surface area contributed by atoms with Gasteiger partial charge in [0, 0.05) is 31.3 Å². The van der Waals surface area contributed by atoms with Gasteiger partial charge in [0.15, 0.2) is 11.5 Å². The topological polar surface area (TPSA) is 92.7 Å². The zero-order valence-corrected chi connectivity index (χ0v) is 16.6. The fourth-order valence-electron chi connectivity index (χ4n) is 3.58. The monoisotopic (exact) mass is 390 g/mol. The maximum atomic E-state index is 13.3. The van der Waals surface area contributed by atoms with Gasteiger partial charge in [0.05, 0.1) is 17.4 Å². The Morgan fingerprint density at radius 2 is 1.76 bits per heavy atom. The van der Waals surface area contributed by atoms with Gasteiger partial charge in [-0.1, -0.05) is 24.3 Å². The van der Waals surface area contributed by atoms with Crippen molar-refractivity contribution in [2.24, 2.45) is 0 Å². The average Bonchev–Trinajstić information content (AvgIpc) is 3.33. The summed E-state index contributed by atoms with van der Waals surface area (Å²) >= 11 is 0. The number of hydrogen-bond acceptors (Lipinski definition) is 6. The van der Waals surface area contributed by atoms with Crippen LogP contribution in [0, 0.1) is 0 Å². The molecule has 1 aliphatic rings. The molecule has 1 amide bonds. The molecule has 1 aliphatic carbocycles. The van der Waals surface area contributed by atoms with Gasteiger partial charge in [0.2, 0.25) is 0 Å². The van der Waals surface area contributed by atoms with Crippen LogP contribution < -0.4 is 5.73 Å². The highest BCUT2D eigenvalue weighted by Crippen LogP contribution is 2.44. The van der Waals surface area contributed by atoms with Gasteiger partial charge in [-0.3, -0.25) is 9.59 Å². The summed E-state index contributed by atoms with van der Waals surface area (Å²) in [6, 6.07) is 10.7. The van der Waals surface area contributed by atoms with Crippen molar-refractivity contribution < 1.29 is 14.0 Å². The molecule has 0 bridgehead atoms. The number of carbonyl (C=O) groups excluding carboxylic acids is 2. The number of rotatable bonds is 5. The number of aromatic nitrogens is 1. The summed E-state index contributed by atoms with van der Waals surface area (Å²) < 4.78 is 5.49. The normalized spacial score (nSPS) is 12.2. The van der Waals surface area contributed by atoms with Crippen LogP contribution in [0.3, 0.4) is 0 Å². The third-order valence-corrected chi connectivity index (χ3v) is 5.09. The van der Waals surface area contributed by atoms with E-state index in [1.807, 2.05) is 31.1 Å². The van der Waals surface area contributed by atoms with Crippen molar-refractivity contribution in [1.29, 1.82) is 0 Å². The van der Waals surface area contributed by atoms with Crippen molar-refractivity contribution in [3.8, 4) is 22.6 Å². The Morgan fingerprint density at radius 3 is 2.41 bits per heavy atom. The molecule has 7 heteroatoms. The van der Waals surface area contributed by atoms with Crippen LogP contribution >= 0.6 is 0 Å². The molecule has 1 aromatic carbocycles. The van der Waals surface area contributed by atoms with Crippen LogP contribution in [0.1, 0.15) is 26.3 Å². The predicted molar refractivity (Wildman–Crippen MR) is 111 cm³/mol. The number of ketones is 1. The van der Waals surface area contributed by atoms with Crippen LogP contribution in [0.2, 0.25) is 0 Å². The highest BCUT2D eigenvalue weighted by Gasteiger charge is 2.37. The number of carbonyl (C=O) groups is 2. The highest BCUT2D eigenvalue weighted by atomic mass is 16.3. The molecule has 2 aromatic heterocycles. The van der Waals surface area contributed by atoms with Crippen molar-refractivity contribution in [2.75, 3.05) is 40.0 Å². The minimum Gasteiger partial charge on any atom is -0.463 e. The zero-order valence-electron chi connectivity index (χ0n) is 16.6. The third kappa shape index (κ3) is 3.09. The van der Waals surface area contributed by atoms with E-state index in [9.17, 15) is 9.59 Å². The summed E-state index contributed by atoms with van der Waals surface area (Å²) in [5.41, 5.74) is 9.02. The second-order valence-corrected chi connectivity index (χ2v) is 7.35. The number of hydrogen-bond donors (Lipinski definition) is 1. The zero-order chi connectivity index (χ0) is 20.7. The van der Waals surface area contributed by atoms with E-state index in [1.165, 1.54) is 6.26 Å². The lowest BCUT2D eigenvalue weighted by molar-refractivity contribution is 0.0787. The molecule has 3 aromatic rings. The van der Waals surface area contributed by atoms with Gasteiger partial charge in [-0.25, -0.2) is 4.98 Å². The van der Waals surface area contributed by atoms with Gasteiger partial charge in [-0.15, -0.1) is 0 Å². The first kappa shape index (κ1) is 18.9. The molecule has 2 heterocycles. The number of benzene rings is 1. The average molecular weight is 390 g/mol. The number of nitrogen functional groups attached to an aromatic ring is 1. The molecule has 7 nitrogen and oxygen atoms in total. The van der Waals surface area contributed by atoms with E-state index in [-0.39, 0.29) is 23.1 Å². The van der Waals surface area contributed by atoms with Gasteiger partial charge in [-0.2, -0.15) is 0 Å². The third-order valence-electron chi connectivity index (χ3n) is 5.09. The number of anilines is 1. The molecule has 0 radical (unpaired) electrons. The summed E-state index contributed by atoms with van der Waals surface area (Å²) in [6.07, 6.45) is 1.51. The van der Waals surface area contributed by atoms with E-state index < -0.39 is 0 Å². The Kier molecular flexibility index (Phi) is 4.68. The number of fused-ring (bicyclic) bond motifs is 3. The Hall–Kier alpha value is -3.45. The van der Waals surface area contributed by atoms with Crippen molar-refractivity contribution in [3.05, 3.63) is 59.4 Å². The maximum Gasteiger partial charge on any atom is 0.258 e. The van der Waals surface area contributed by atoms with Crippen LogP contribution in [0.15, 0.2) is 47.1 Å². The van der Waals surface area contributed by atoms with E-state index in [0.717, 1.165) is 0 Å². The second kappa shape index (κ2) is 7.18. The van der Waals surface area contributed by atoms with E-state index in [1.54, 1.807) is 36.2 Å². The molecule has 0 unspecified atom stereocenters. The maximum absolute atomic E-state index is 13.3. The molecule has 0 aliphatic heterocycles. The molecule has 2 N–H and O–H groups in total. The molecule has 0 atom stereocenters. The van der Waals surface area contributed by atoms with E-state index in [2.05, 4.69) is 4.98 Å². The van der Waals surface area contributed by atoms with E-state index in [0.29, 0.717) is 46.8 Å². The number of nitrogens with zero attached hydrogens (tertiary/aromatic N) is 3. The quantitative estimate of drug-likeness (QED) is 0.563. The predicted octanol–water partition coefficient (Wildman–Crippen LogP) is 2.77. The molecule has 0 spiro atoms. The lowest BCUT2D eigenvalue weighted by atomic mass is 9.97. The molecule has 29 heavy (non-hydrogen) atoms. The number of pyridine rings is 1. The molecule has 0 fully saturated rings. The first-order chi connectivity index (χ1) is 13.9. The molecular formula is C22H22N4O3. The van der Waals surface area contributed by atoms with Crippen molar-refractivity contribution in [3.63, 3.8) is 0 Å². The minimum atomic E-state index is -0.261. The Morgan fingerprint density at radius 1 is 1.03 bits per heavy atom. The van der Waals surface area contributed by atoms with Gasteiger partial charge in [0.1, 0.15) is 11.5 Å². The molecular weight excluding hydrogens is 368 g/mol. The van der Waals surface area contributed by atoms with Crippen LogP contribution in [0.4, 0.5) is 5.82 Å². The van der Waals surface area contributed by atoms with Crippen LogP contribution in [-0.4, -0.2) is 60.7 Å². The van der Waals surface area contributed by atoms with E-state index >= 15 is 0 Å². The molecule has 0 saturated carbocycles. The molecule has 0 saturated heterocycles. The lowest BCUT2D eigenvalue weighted by Crippen LogP contribution is -2.34. The SMILES string of the molecule is CN(C)CCN(C)C(=O)c1c(N)nc(-c2ccco2)c2c1-c1ccccc1C2=O. The van der Waals surface area contributed by atoms with Gasteiger partial charge >= 0.3 is 0 Å².